The standard InChI is InChI=1S/C28H35ClN6OS/c1-20-7-6-16-35(19-20)26-17-25(34-14-4-2-3-5-15-34)31-27(32-26)33-28(37)30-18-23-12-13-24(36-23)21-8-10-22(29)11-9-21/h8-13,17,20H,2-7,14-16,18-19H2,1H3,(H2,30,31,32,33,37)/t20-/m1/s1. The quantitative estimate of drug-likeness (QED) is 0.345. The summed E-state index contributed by atoms with van der Waals surface area (Å²) in [5.74, 6) is 4.74. The van der Waals surface area contributed by atoms with E-state index in [0.29, 0.717) is 28.5 Å². The predicted molar refractivity (Wildman–Crippen MR) is 156 cm³/mol. The third kappa shape index (κ3) is 6.93. The molecule has 0 saturated carbocycles. The number of hydrogen-bond acceptors (Lipinski definition) is 6. The fourth-order valence-electron chi connectivity index (χ4n) is 5.05. The van der Waals surface area contributed by atoms with E-state index in [1.54, 1.807) is 0 Å². The zero-order valence-corrected chi connectivity index (χ0v) is 23.0. The van der Waals surface area contributed by atoms with Crippen molar-refractivity contribution >= 4 is 46.5 Å². The second-order valence-corrected chi connectivity index (χ2v) is 10.9. The fraction of sp³-hybridized carbons (Fsp3) is 0.464. The van der Waals surface area contributed by atoms with Gasteiger partial charge in [0.2, 0.25) is 5.95 Å². The number of benzene rings is 1. The zero-order chi connectivity index (χ0) is 25.6. The van der Waals surface area contributed by atoms with Crippen LogP contribution in [0.2, 0.25) is 5.02 Å². The summed E-state index contributed by atoms with van der Waals surface area (Å²) in [5, 5.41) is 7.64. The minimum absolute atomic E-state index is 0.460. The number of halogens is 1. The highest BCUT2D eigenvalue weighted by Crippen LogP contribution is 2.27. The molecular weight excluding hydrogens is 504 g/mol. The molecule has 0 aliphatic carbocycles. The van der Waals surface area contributed by atoms with Crippen LogP contribution in [0.4, 0.5) is 17.6 Å². The van der Waals surface area contributed by atoms with Gasteiger partial charge in [0, 0.05) is 42.8 Å². The molecule has 1 aromatic carbocycles. The van der Waals surface area contributed by atoms with Gasteiger partial charge in [-0.25, -0.2) is 0 Å². The van der Waals surface area contributed by atoms with Crippen LogP contribution >= 0.6 is 23.8 Å². The Labute approximate surface area is 229 Å². The molecule has 196 valence electrons. The maximum absolute atomic E-state index is 6.00. The maximum Gasteiger partial charge on any atom is 0.232 e. The largest absolute Gasteiger partial charge is 0.459 e. The molecule has 0 amide bonds. The number of nitrogens with one attached hydrogen (secondary N) is 2. The van der Waals surface area contributed by atoms with Gasteiger partial charge in [-0.1, -0.05) is 31.4 Å². The molecule has 2 fully saturated rings. The summed E-state index contributed by atoms with van der Waals surface area (Å²) in [5.41, 5.74) is 0.981. The summed E-state index contributed by atoms with van der Waals surface area (Å²) in [4.78, 5) is 14.5. The van der Waals surface area contributed by atoms with Crippen molar-refractivity contribution in [1.82, 2.24) is 15.3 Å². The lowest BCUT2D eigenvalue weighted by Crippen LogP contribution is -2.36. The third-order valence-corrected chi connectivity index (χ3v) is 7.55. The second-order valence-electron chi connectivity index (χ2n) is 10.1. The number of furan rings is 1. The van der Waals surface area contributed by atoms with Crippen LogP contribution in [0.3, 0.4) is 0 Å². The molecule has 7 nitrogen and oxygen atoms in total. The van der Waals surface area contributed by atoms with Gasteiger partial charge < -0.3 is 24.9 Å². The van der Waals surface area contributed by atoms with Crippen molar-refractivity contribution in [2.75, 3.05) is 41.3 Å². The van der Waals surface area contributed by atoms with Gasteiger partial charge in [0.05, 0.1) is 6.54 Å². The molecule has 2 saturated heterocycles. The van der Waals surface area contributed by atoms with Crippen LogP contribution < -0.4 is 20.4 Å². The number of anilines is 3. The second kappa shape index (κ2) is 12.1. The Morgan fingerprint density at radius 1 is 0.973 bits per heavy atom. The van der Waals surface area contributed by atoms with Crippen molar-refractivity contribution < 1.29 is 4.42 Å². The van der Waals surface area contributed by atoms with Gasteiger partial charge in [0.1, 0.15) is 23.2 Å². The molecule has 0 unspecified atom stereocenters. The Morgan fingerprint density at radius 3 is 2.41 bits per heavy atom. The minimum Gasteiger partial charge on any atom is -0.459 e. The lowest BCUT2D eigenvalue weighted by molar-refractivity contribution is 0.444. The average molecular weight is 539 g/mol. The summed E-state index contributed by atoms with van der Waals surface area (Å²) < 4.78 is 5.99. The van der Waals surface area contributed by atoms with Crippen LogP contribution in [0.5, 0.6) is 0 Å². The highest BCUT2D eigenvalue weighted by atomic mass is 35.5. The first-order chi connectivity index (χ1) is 18.0. The van der Waals surface area contributed by atoms with Crippen molar-refractivity contribution in [3.8, 4) is 11.3 Å². The SMILES string of the molecule is C[C@@H]1CCCN(c2cc(N3CCCCCC3)nc(NC(=S)NCc3ccc(-c4ccc(Cl)cc4)o3)n2)C1. The van der Waals surface area contributed by atoms with Crippen LogP contribution in [0, 0.1) is 5.92 Å². The number of nitrogens with zero attached hydrogens (tertiary/aromatic N) is 4. The Balaban J connectivity index is 1.27. The summed E-state index contributed by atoms with van der Waals surface area (Å²) in [6.45, 7) is 6.88. The van der Waals surface area contributed by atoms with Crippen molar-refractivity contribution in [2.24, 2.45) is 5.92 Å². The molecule has 2 aliphatic heterocycles. The van der Waals surface area contributed by atoms with Crippen molar-refractivity contribution in [3.63, 3.8) is 0 Å². The van der Waals surface area contributed by atoms with E-state index in [4.69, 9.17) is 38.2 Å². The molecule has 5 rings (SSSR count). The maximum atomic E-state index is 6.00. The third-order valence-electron chi connectivity index (χ3n) is 7.05. The van der Waals surface area contributed by atoms with Crippen LogP contribution in [0.15, 0.2) is 46.9 Å². The average Bonchev–Trinajstić information content (AvgIpc) is 3.20. The van der Waals surface area contributed by atoms with Crippen LogP contribution in [-0.4, -0.2) is 41.3 Å². The predicted octanol–water partition coefficient (Wildman–Crippen LogP) is 6.49. The van der Waals surface area contributed by atoms with E-state index in [1.807, 2.05) is 36.4 Å². The molecule has 0 radical (unpaired) electrons. The van der Waals surface area contributed by atoms with Gasteiger partial charge in [-0.15, -0.1) is 0 Å². The number of hydrogen-bond donors (Lipinski definition) is 2. The highest BCUT2D eigenvalue weighted by molar-refractivity contribution is 7.80. The van der Waals surface area contributed by atoms with Crippen molar-refractivity contribution in [2.45, 2.75) is 52.0 Å². The first-order valence-electron chi connectivity index (χ1n) is 13.3. The van der Waals surface area contributed by atoms with E-state index in [9.17, 15) is 0 Å². The number of aromatic nitrogens is 2. The first-order valence-corrected chi connectivity index (χ1v) is 14.1. The van der Waals surface area contributed by atoms with E-state index in [0.717, 1.165) is 54.9 Å². The van der Waals surface area contributed by atoms with Gasteiger partial charge in [0.25, 0.3) is 0 Å². The van der Waals surface area contributed by atoms with Crippen LogP contribution in [-0.2, 0) is 6.54 Å². The molecule has 3 aromatic rings. The molecule has 2 aromatic heterocycles. The molecule has 2 aliphatic rings. The van der Waals surface area contributed by atoms with Crippen LogP contribution in [0.25, 0.3) is 11.3 Å². The van der Waals surface area contributed by atoms with E-state index >= 15 is 0 Å². The van der Waals surface area contributed by atoms with Gasteiger partial charge in [-0.2, -0.15) is 9.97 Å². The molecule has 37 heavy (non-hydrogen) atoms. The number of rotatable bonds is 6. The summed E-state index contributed by atoms with van der Waals surface area (Å²) in [6, 6.07) is 13.7. The Morgan fingerprint density at radius 2 is 1.68 bits per heavy atom. The first kappa shape index (κ1) is 25.8. The van der Waals surface area contributed by atoms with Gasteiger partial charge in [-0.3, -0.25) is 0 Å². The monoisotopic (exact) mass is 538 g/mol. The van der Waals surface area contributed by atoms with E-state index in [2.05, 4.69) is 33.4 Å². The van der Waals surface area contributed by atoms with E-state index in [-0.39, 0.29) is 0 Å². The molecule has 0 spiro atoms. The summed E-state index contributed by atoms with van der Waals surface area (Å²) in [6.07, 6.45) is 7.42. The normalized spacial score (nSPS) is 18.4. The molecule has 2 N–H and O–H groups in total. The van der Waals surface area contributed by atoms with Gasteiger partial charge in [0.15, 0.2) is 5.11 Å². The van der Waals surface area contributed by atoms with Crippen molar-refractivity contribution in [3.05, 3.63) is 53.2 Å². The summed E-state index contributed by atoms with van der Waals surface area (Å²) >= 11 is 11.6. The Bertz CT molecular complexity index is 1170. The van der Waals surface area contributed by atoms with Crippen LogP contribution in [0.1, 0.15) is 51.2 Å². The lowest BCUT2D eigenvalue weighted by Gasteiger charge is -2.33. The molecule has 1 atom stereocenters. The fourth-order valence-corrected chi connectivity index (χ4v) is 5.34. The van der Waals surface area contributed by atoms with Gasteiger partial charge in [-0.05, 0) is 80.2 Å². The summed E-state index contributed by atoms with van der Waals surface area (Å²) in [7, 11) is 0. The molecule has 9 heteroatoms. The molecule has 0 bridgehead atoms. The Kier molecular flexibility index (Phi) is 8.46. The highest BCUT2D eigenvalue weighted by Gasteiger charge is 2.21. The zero-order valence-electron chi connectivity index (χ0n) is 21.4. The van der Waals surface area contributed by atoms with E-state index in [1.165, 1.54) is 38.5 Å². The minimum atomic E-state index is 0.460. The molecule has 4 heterocycles. The molecular formula is C28H35ClN6OS. The number of thiocarbonyl (C=S) groups is 1. The Hall–Kier alpha value is -2.84. The smallest absolute Gasteiger partial charge is 0.232 e. The number of piperidine rings is 1. The van der Waals surface area contributed by atoms with Crippen molar-refractivity contribution in [1.29, 1.82) is 0 Å². The van der Waals surface area contributed by atoms with Gasteiger partial charge >= 0.3 is 0 Å². The topological polar surface area (TPSA) is 69.5 Å². The lowest BCUT2D eigenvalue weighted by atomic mass is 10.0. The van der Waals surface area contributed by atoms with E-state index < -0.39 is 0 Å².